The smallest absolute Gasteiger partial charge is 0.193 e. The highest BCUT2D eigenvalue weighted by molar-refractivity contribution is 14.0. The van der Waals surface area contributed by atoms with Crippen LogP contribution in [0.1, 0.15) is 12.1 Å². The summed E-state index contributed by atoms with van der Waals surface area (Å²) in [6, 6.07) is 0. The molecule has 1 aliphatic heterocycles. The van der Waals surface area contributed by atoms with Gasteiger partial charge < -0.3 is 15.0 Å². The largest absolute Gasteiger partial charge is 0.384 e. The normalized spacial score (nSPS) is 18.7. The molecule has 3 heterocycles. The Morgan fingerprint density at radius 3 is 3.18 bits per heavy atom. The van der Waals surface area contributed by atoms with Crippen LogP contribution in [-0.2, 0) is 11.3 Å². The van der Waals surface area contributed by atoms with Crippen LogP contribution in [0.5, 0.6) is 0 Å². The quantitative estimate of drug-likeness (QED) is 0.454. The second kappa shape index (κ2) is 8.11. The lowest BCUT2D eigenvalue weighted by molar-refractivity contribution is 0.157. The third-order valence-electron chi connectivity index (χ3n) is 3.77. The lowest BCUT2D eigenvalue weighted by atomic mass is 10.1. The van der Waals surface area contributed by atoms with E-state index in [0.717, 1.165) is 42.7 Å². The number of halogens is 1. The van der Waals surface area contributed by atoms with Crippen LogP contribution in [0.25, 0.3) is 4.96 Å². The van der Waals surface area contributed by atoms with E-state index >= 15 is 0 Å². The molecule has 0 aliphatic carbocycles. The minimum atomic E-state index is 0. The van der Waals surface area contributed by atoms with E-state index in [1.165, 1.54) is 0 Å². The van der Waals surface area contributed by atoms with Crippen LogP contribution in [0, 0.1) is 5.92 Å². The third-order valence-corrected chi connectivity index (χ3v) is 4.54. The summed E-state index contributed by atoms with van der Waals surface area (Å²) in [4.78, 5) is 12.3. The Hall–Kier alpha value is -0.870. The molecule has 22 heavy (non-hydrogen) atoms. The Morgan fingerprint density at radius 1 is 1.59 bits per heavy atom. The van der Waals surface area contributed by atoms with Gasteiger partial charge in [-0.15, -0.1) is 35.3 Å². The Morgan fingerprint density at radius 2 is 2.45 bits per heavy atom. The molecule has 0 aromatic carbocycles. The Bertz CT molecular complexity index is 597. The molecular formula is C14H22IN5OS. The van der Waals surface area contributed by atoms with Gasteiger partial charge in [-0.2, -0.15) is 0 Å². The first kappa shape index (κ1) is 17.5. The number of likely N-dealkylation sites (tertiary alicyclic amines) is 1. The number of aliphatic imine (C=N–C) groups is 1. The maximum atomic E-state index is 5.24. The predicted molar refractivity (Wildman–Crippen MR) is 100 cm³/mol. The number of rotatable bonds is 4. The van der Waals surface area contributed by atoms with Crippen molar-refractivity contribution in [2.75, 3.05) is 33.9 Å². The molecule has 1 saturated heterocycles. The molecule has 0 spiro atoms. The number of hydrogen-bond acceptors (Lipinski definition) is 4. The summed E-state index contributed by atoms with van der Waals surface area (Å²) in [5.41, 5.74) is 1.04. The number of methoxy groups -OCH3 is 1. The summed E-state index contributed by atoms with van der Waals surface area (Å²) in [7, 11) is 3.60. The molecule has 0 radical (unpaired) electrons. The van der Waals surface area contributed by atoms with Gasteiger partial charge in [0.05, 0.1) is 18.8 Å². The molecule has 2 aromatic rings. The van der Waals surface area contributed by atoms with E-state index in [1.807, 2.05) is 18.6 Å². The van der Waals surface area contributed by atoms with Crippen molar-refractivity contribution in [2.45, 2.75) is 13.0 Å². The Labute approximate surface area is 151 Å². The maximum Gasteiger partial charge on any atom is 0.193 e. The molecule has 2 aromatic heterocycles. The number of imidazole rings is 1. The summed E-state index contributed by atoms with van der Waals surface area (Å²) in [5.74, 6) is 1.55. The fraction of sp³-hybridized carbons (Fsp3) is 0.571. The number of nitrogens with zero attached hydrogens (tertiary/aromatic N) is 4. The number of nitrogens with one attached hydrogen (secondary N) is 1. The summed E-state index contributed by atoms with van der Waals surface area (Å²) in [6.45, 7) is 3.56. The van der Waals surface area contributed by atoms with Gasteiger partial charge in [-0.3, -0.25) is 9.39 Å². The summed E-state index contributed by atoms with van der Waals surface area (Å²) < 4.78 is 7.29. The Balaban J connectivity index is 0.00000176. The van der Waals surface area contributed by atoms with E-state index in [2.05, 4.69) is 30.8 Å². The van der Waals surface area contributed by atoms with Crippen molar-refractivity contribution >= 4 is 46.2 Å². The molecule has 0 amide bonds. The first-order valence-electron chi connectivity index (χ1n) is 7.15. The molecule has 8 heteroatoms. The fourth-order valence-corrected chi connectivity index (χ4v) is 3.48. The average Bonchev–Trinajstić information content (AvgIpc) is 3.15. The summed E-state index contributed by atoms with van der Waals surface area (Å²) in [6.07, 6.45) is 5.25. The van der Waals surface area contributed by atoms with Gasteiger partial charge in [0, 0.05) is 50.9 Å². The van der Waals surface area contributed by atoms with Gasteiger partial charge >= 0.3 is 0 Å². The minimum Gasteiger partial charge on any atom is -0.384 e. The van der Waals surface area contributed by atoms with Crippen molar-refractivity contribution < 1.29 is 4.74 Å². The molecule has 0 bridgehead atoms. The van der Waals surface area contributed by atoms with Gasteiger partial charge in [0.25, 0.3) is 0 Å². The molecule has 1 N–H and O–H groups in total. The van der Waals surface area contributed by atoms with Crippen LogP contribution in [0.2, 0.25) is 0 Å². The van der Waals surface area contributed by atoms with Gasteiger partial charge in [-0.1, -0.05) is 0 Å². The number of ether oxygens (including phenoxy) is 1. The van der Waals surface area contributed by atoms with E-state index in [4.69, 9.17) is 4.74 Å². The van der Waals surface area contributed by atoms with Gasteiger partial charge in [0.1, 0.15) is 0 Å². The molecular weight excluding hydrogens is 413 g/mol. The molecule has 1 fully saturated rings. The monoisotopic (exact) mass is 435 g/mol. The standard InChI is InChI=1S/C14H21N5OS.HI/c1-15-13(18-4-3-11(8-18)10-20-2)16-7-12-9-19-5-6-21-14(19)17-12;/h5-6,9,11H,3-4,7-8,10H2,1-2H3,(H,15,16);1H. The zero-order valence-corrected chi connectivity index (χ0v) is 16.0. The number of fused-ring (bicyclic) bond motifs is 1. The van der Waals surface area contributed by atoms with Crippen LogP contribution < -0.4 is 5.32 Å². The van der Waals surface area contributed by atoms with Gasteiger partial charge in [0.2, 0.25) is 0 Å². The molecule has 6 nitrogen and oxygen atoms in total. The van der Waals surface area contributed by atoms with Crippen molar-refractivity contribution in [3.05, 3.63) is 23.5 Å². The number of thiazole rings is 1. The molecule has 1 unspecified atom stereocenters. The topological polar surface area (TPSA) is 54.2 Å². The van der Waals surface area contributed by atoms with Crippen LogP contribution in [0.15, 0.2) is 22.8 Å². The number of hydrogen-bond donors (Lipinski definition) is 1. The summed E-state index contributed by atoms with van der Waals surface area (Å²) >= 11 is 1.65. The van der Waals surface area contributed by atoms with Gasteiger partial charge in [-0.25, -0.2) is 4.98 Å². The lowest BCUT2D eigenvalue weighted by Crippen LogP contribution is -2.39. The van der Waals surface area contributed by atoms with Crippen molar-refractivity contribution in [3.8, 4) is 0 Å². The maximum absolute atomic E-state index is 5.24. The number of guanidine groups is 1. The minimum absolute atomic E-state index is 0. The van der Waals surface area contributed by atoms with E-state index in [0.29, 0.717) is 12.5 Å². The molecule has 1 atom stereocenters. The predicted octanol–water partition coefficient (Wildman–Crippen LogP) is 2.06. The third kappa shape index (κ3) is 3.90. The highest BCUT2D eigenvalue weighted by Crippen LogP contribution is 2.16. The molecule has 0 saturated carbocycles. The van der Waals surface area contributed by atoms with Crippen LogP contribution >= 0.6 is 35.3 Å². The van der Waals surface area contributed by atoms with E-state index in [-0.39, 0.29) is 24.0 Å². The average molecular weight is 435 g/mol. The van der Waals surface area contributed by atoms with E-state index < -0.39 is 0 Å². The molecule has 122 valence electrons. The second-order valence-electron chi connectivity index (χ2n) is 5.28. The fourth-order valence-electron chi connectivity index (χ4n) is 2.76. The van der Waals surface area contributed by atoms with Gasteiger partial charge in [-0.05, 0) is 6.42 Å². The van der Waals surface area contributed by atoms with Crippen LogP contribution in [-0.4, -0.2) is 54.1 Å². The van der Waals surface area contributed by atoms with Crippen LogP contribution in [0.3, 0.4) is 0 Å². The van der Waals surface area contributed by atoms with E-state index in [9.17, 15) is 0 Å². The lowest BCUT2D eigenvalue weighted by Gasteiger charge is -2.21. The van der Waals surface area contributed by atoms with Crippen molar-refractivity contribution in [1.29, 1.82) is 0 Å². The zero-order valence-electron chi connectivity index (χ0n) is 12.9. The SMILES string of the molecule is CN=C(NCc1cn2ccsc2n1)N1CCC(COC)C1.I. The highest BCUT2D eigenvalue weighted by Gasteiger charge is 2.24. The van der Waals surface area contributed by atoms with E-state index in [1.54, 1.807) is 18.4 Å². The first-order valence-corrected chi connectivity index (χ1v) is 8.03. The van der Waals surface area contributed by atoms with Crippen LogP contribution in [0.4, 0.5) is 0 Å². The molecule has 3 rings (SSSR count). The van der Waals surface area contributed by atoms with Gasteiger partial charge in [0.15, 0.2) is 10.9 Å². The first-order chi connectivity index (χ1) is 10.3. The highest BCUT2D eigenvalue weighted by atomic mass is 127. The van der Waals surface area contributed by atoms with Crippen molar-refractivity contribution in [3.63, 3.8) is 0 Å². The number of aromatic nitrogens is 2. The summed E-state index contributed by atoms with van der Waals surface area (Å²) in [5, 5.41) is 5.45. The zero-order chi connectivity index (χ0) is 14.7. The molecule has 1 aliphatic rings. The Kier molecular flexibility index (Phi) is 6.45. The van der Waals surface area contributed by atoms with Crippen molar-refractivity contribution in [1.82, 2.24) is 19.6 Å². The second-order valence-corrected chi connectivity index (χ2v) is 6.15. The van der Waals surface area contributed by atoms with Crippen molar-refractivity contribution in [2.24, 2.45) is 10.9 Å².